The van der Waals surface area contributed by atoms with Gasteiger partial charge in [0.25, 0.3) is 0 Å². The number of hydrogen-bond acceptors (Lipinski definition) is 0. The van der Waals surface area contributed by atoms with Crippen molar-refractivity contribution in [1.82, 2.24) is 0 Å². The molecule has 2 rings (SSSR count). The zero-order chi connectivity index (χ0) is 8.39. The van der Waals surface area contributed by atoms with Gasteiger partial charge in [0.15, 0.2) is 0 Å². The second kappa shape index (κ2) is 3.64. The van der Waals surface area contributed by atoms with E-state index < -0.39 is 0 Å². The molecule has 0 nitrogen and oxygen atoms in total. The molecule has 0 spiro atoms. The monoisotopic (exact) mass is 174 g/mol. The van der Waals surface area contributed by atoms with Gasteiger partial charge in [0.05, 0.1) is 0 Å². The van der Waals surface area contributed by atoms with Crippen molar-refractivity contribution in [2.24, 2.45) is 0 Å². The number of rotatable bonds is 1. The predicted molar refractivity (Wildman–Crippen MR) is 55.3 cm³/mol. The molecule has 1 heteroatoms. The van der Waals surface area contributed by atoms with Crippen LogP contribution in [0.1, 0.15) is 30.7 Å². The molecular formula is C11H15Al. The molecule has 0 N–H and O–H groups in total. The molecule has 0 heterocycles. The molecule has 1 aliphatic carbocycles. The van der Waals surface area contributed by atoms with Crippen molar-refractivity contribution in [2.45, 2.75) is 30.0 Å². The summed E-state index contributed by atoms with van der Waals surface area (Å²) in [5, 5.41) is 0. The van der Waals surface area contributed by atoms with Gasteiger partial charge < -0.3 is 0 Å². The van der Waals surface area contributed by atoms with Crippen LogP contribution in [-0.4, -0.2) is 16.3 Å². The van der Waals surface area contributed by atoms with Gasteiger partial charge in [0.1, 0.15) is 0 Å². The smallest absolute Gasteiger partial charge is 0.0836 e. The maximum absolute atomic E-state index is 2.29. The normalized spacial score (nSPS) is 29.0. The molecule has 2 atom stereocenters. The molecule has 0 amide bonds. The van der Waals surface area contributed by atoms with Gasteiger partial charge in [-0.15, -0.1) is 0 Å². The van der Waals surface area contributed by atoms with Crippen LogP contribution in [0.4, 0.5) is 0 Å². The second-order valence-electron chi connectivity index (χ2n) is 3.93. The van der Waals surface area contributed by atoms with Crippen molar-refractivity contribution < 1.29 is 0 Å². The highest BCUT2D eigenvalue weighted by atomic mass is 27.0. The fourth-order valence-electron chi connectivity index (χ4n) is 2.34. The van der Waals surface area contributed by atoms with Crippen LogP contribution in [0.2, 0.25) is 4.78 Å². The van der Waals surface area contributed by atoms with E-state index >= 15 is 0 Å². The molecule has 0 aromatic heterocycles. The van der Waals surface area contributed by atoms with E-state index in [0.29, 0.717) is 0 Å². The van der Waals surface area contributed by atoms with E-state index in [4.69, 9.17) is 0 Å². The molecule has 1 aromatic carbocycles. The highest BCUT2D eigenvalue weighted by molar-refractivity contribution is 6.12. The van der Waals surface area contributed by atoms with Crippen molar-refractivity contribution in [2.75, 3.05) is 0 Å². The Kier molecular flexibility index (Phi) is 2.54. The van der Waals surface area contributed by atoms with Crippen LogP contribution >= 0.6 is 0 Å². The highest BCUT2D eigenvalue weighted by Gasteiger charge is 2.23. The summed E-state index contributed by atoms with van der Waals surface area (Å²) in [4.78, 5) is 0. The molecular weight excluding hydrogens is 159 g/mol. The van der Waals surface area contributed by atoms with Gasteiger partial charge in [-0.25, -0.2) is 0 Å². The molecule has 1 fully saturated rings. The summed E-state index contributed by atoms with van der Waals surface area (Å²) in [6.45, 7) is 0. The van der Waals surface area contributed by atoms with E-state index in [-0.39, 0.29) is 0 Å². The SMILES string of the molecule is [AlH2][CH]1CCCC1c1ccccc1. The lowest BCUT2D eigenvalue weighted by atomic mass is 9.97. The molecule has 0 saturated heterocycles. The Labute approximate surface area is 82.4 Å². The summed E-state index contributed by atoms with van der Waals surface area (Å²) >= 11 is 1.37. The lowest BCUT2D eigenvalue weighted by molar-refractivity contribution is 0.721. The van der Waals surface area contributed by atoms with Crippen molar-refractivity contribution in [3.63, 3.8) is 0 Å². The molecule has 62 valence electrons. The predicted octanol–water partition coefficient (Wildman–Crippen LogP) is 2.38. The van der Waals surface area contributed by atoms with Crippen LogP contribution in [-0.2, 0) is 0 Å². The zero-order valence-corrected chi connectivity index (χ0v) is 9.66. The first-order valence-electron chi connectivity index (χ1n) is 4.93. The second-order valence-corrected chi connectivity index (χ2v) is 5.41. The first kappa shape index (κ1) is 8.36. The summed E-state index contributed by atoms with van der Waals surface area (Å²) in [6, 6.07) is 11.0. The van der Waals surface area contributed by atoms with Crippen molar-refractivity contribution in [1.29, 1.82) is 0 Å². The highest BCUT2D eigenvalue weighted by Crippen LogP contribution is 2.41. The van der Waals surface area contributed by atoms with Crippen LogP contribution in [0.5, 0.6) is 0 Å². The van der Waals surface area contributed by atoms with Crippen molar-refractivity contribution in [3.8, 4) is 0 Å². The van der Waals surface area contributed by atoms with Gasteiger partial charge in [0, 0.05) is 0 Å². The summed E-state index contributed by atoms with van der Waals surface area (Å²) in [7, 11) is 0. The fourth-order valence-corrected chi connectivity index (χ4v) is 3.47. The van der Waals surface area contributed by atoms with Crippen molar-refractivity contribution in [3.05, 3.63) is 35.9 Å². The van der Waals surface area contributed by atoms with Gasteiger partial charge >= 0.3 is 0 Å². The van der Waals surface area contributed by atoms with Crippen LogP contribution in [0.25, 0.3) is 0 Å². The zero-order valence-electron chi connectivity index (χ0n) is 7.66. The lowest BCUT2D eigenvalue weighted by Gasteiger charge is -2.15. The third-order valence-corrected chi connectivity index (χ3v) is 4.47. The Morgan fingerprint density at radius 3 is 2.42 bits per heavy atom. The molecule has 1 aliphatic rings. The van der Waals surface area contributed by atoms with Gasteiger partial charge in [0.2, 0.25) is 16.3 Å². The van der Waals surface area contributed by atoms with Gasteiger partial charge in [-0.05, 0) is 17.9 Å². The maximum Gasteiger partial charge on any atom is 0.217 e. The van der Waals surface area contributed by atoms with Gasteiger partial charge in [-0.3, -0.25) is 0 Å². The van der Waals surface area contributed by atoms with E-state index in [1.807, 2.05) is 0 Å². The minimum Gasteiger partial charge on any atom is -0.0836 e. The van der Waals surface area contributed by atoms with Gasteiger partial charge in [-0.2, -0.15) is 0 Å². The topological polar surface area (TPSA) is 0 Å². The Bertz CT molecular complexity index is 242. The third-order valence-electron chi connectivity index (χ3n) is 3.09. The maximum atomic E-state index is 2.29. The average molecular weight is 174 g/mol. The van der Waals surface area contributed by atoms with Crippen LogP contribution < -0.4 is 0 Å². The largest absolute Gasteiger partial charge is 0.217 e. The van der Waals surface area contributed by atoms with E-state index in [0.717, 1.165) is 10.7 Å². The Balaban J connectivity index is 2.19. The van der Waals surface area contributed by atoms with Crippen LogP contribution in [0.3, 0.4) is 0 Å². The third kappa shape index (κ3) is 1.58. The first-order chi connectivity index (χ1) is 5.88. The molecule has 2 unspecified atom stereocenters. The van der Waals surface area contributed by atoms with E-state index in [9.17, 15) is 0 Å². The quantitative estimate of drug-likeness (QED) is 0.573. The Morgan fingerprint density at radius 2 is 1.83 bits per heavy atom. The summed E-state index contributed by atoms with van der Waals surface area (Å²) < 4.78 is 1.03. The molecule has 1 saturated carbocycles. The van der Waals surface area contributed by atoms with E-state index in [1.165, 1.54) is 35.6 Å². The van der Waals surface area contributed by atoms with Gasteiger partial charge in [-0.1, -0.05) is 48.0 Å². The molecule has 12 heavy (non-hydrogen) atoms. The minimum absolute atomic E-state index is 0.901. The summed E-state index contributed by atoms with van der Waals surface area (Å²) in [5.74, 6) is 0.901. The van der Waals surface area contributed by atoms with Crippen molar-refractivity contribution >= 4 is 16.3 Å². The standard InChI is InChI=1S/C11H13.Al.2H/c1-2-6-10(7-3-1)11-8-4-5-9-11;;;/h1-3,6-8,11H,4-5,9H2;;;. The molecule has 1 aromatic rings. The fraction of sp³-hybridized carbons (Fsp3) is 0.455. The lowest BCUT2D eigenvalue weighted by Crippen LogP contribution is -1.99. The van der Waals surface area contributed by atoms with Crippen LogP contribution in [0.15, 0.2) is 30.3 Å². The average Bonchev–Trinajstić information content (AvgIpc) is 2.53. The summed E-state index contributed by atoms with van der Waals surface area (Å²) in [5.41, 5.74) is 1.58. The molecule has 0 radical (unpaired) electrons. The number of benzene rings is 1. The molecule has 0 bridgehead atoms. The minimum atomic E-state index is 0.901. The van der Waals surface area contributed by atoms with E-state index in [1.54, 1.807) is 5.56 Å². The Morgan fingerprint density at radius 1 is 1.08 bits per heavy atom. The first-order valence-corrected chi connectivity index (χ1v) is 6.08. The summed E-state index contributed by atoms with van der Waals surface area (Å²) in [6.07, 6.45) is 4.36. The number of hydrogen-bond donors (Lipinski definition) is 0. The molecule has 0 aliphatic heterocycles. The Hall–Kier alpha value is -0.248. The van der Waals surface area contributed by atoms with E-state index in [2.05, 4.69) is 30.3 Å². The van der Waals surface area contributed by atoms with Crippen LogP contribution in [0, 0.1) is 0 Å².